The molecular formula is C18H24N2OS. The predicted molar refractivity (Wildman–Crippen MR) is 93.2 cm³/mol. The summed E-state index contributed by atoms with van der Waals surface area (Å²) in [6.07, 6.45) is 0.841. The summed E-state index contributed by atoms with van der Waals surface area (Å²) in [5.41, 5.74) is 1.20. The van der Waals surface area contributed by atoms with E-state index in [1.165, 1.54) is 10.4 Å². The van der Waals surface area contributed by atoms with Crippen molar-refractivity contribution >= 4 is 17.4 Å². The zero-order valence-electron chi connectivity index (χ0n) is 13.4. The van der Waals surface area contributed by atoms with Gasteiger partial charge in [0.25, 0.3) is 0 Å². The molecule has 1 aromatic carbocycles. The lowest BCUT2D eigenvalue weighted by molar-refractivity contribution is 0.219. The second kappa shape index (κ2) is 7.45. The highest BCUT2D eigenvalue weighted by atomic mass is 32.1. The van der Waals surface area contributed by atoms with Crippen molar-refractivity contribution in [1.82, 2.24) is 10.6 Å². The normalized spacial score (nSPS) is 12.7. The zero-order chi connectivity index (χ0) is 16.0. The molecule has 2 N–H and O–H groups in total. The minimum Gasteiger partial charge on any atom is -0.338 e. The van der Waals surface area contributed by atoms with Crippen molar-refractivity contribution in [3.63, 3.8) is 0 Å². The first-order valence-corrected chi connectivity index (χ1v) is 8.46. The van der Waals surface area contributed by atoms with Crippen LogP contribution in [0.5, 0.6) is 0 Å². The number of nitrogens with one attached hydrogen (secondary N) is 2. The maximum absolute atomic E-state index is 12.2. The molecule has 0 aliphatic carbocycles. The van der Waals surface area contributed by atoms with Crippen LogP contribution in [0.1, 0.15) is 37.3 Å². The molecule has 0 unspecified atom stereocenters. The maximum atomic E-state index is 12.2. The van der Waals surface area contributed by atoms with Crippen molar-refractivity contribution < 1.29 is 4.79 Å². The van der Waals surface area contributed by atoms with Crippen LogP contribution in [0.4, 0.5) is 4.79 Å². The molecule has 4 heteroatoms. The summed E-state index contributed by atoms with van der Waals surface area (Å²) in [6.45, 7) is 7.06. The van der Waals surface area contributed by atoms with Gasteiger partial charge in [-0.25, -0.2) is 4.79 Å². The predicted octanol–water partition coefficient (Wildman–Crippen LogP) is 4.38. The molecule has 0 saturated heterocycles. The number of carbonyl (C=O) groups is 1. The van der Waals surface area contributed by atoms with Gasteiger partial charge in [-0.1, -0.05) is 57.2 Å². The molecular weight excluding hydrogens is 292 g/mol. The first-order valence-electron chi connectivity index (χ1n) is 7.58. The Morgan fingerprint density at radius 3 is 2.45 bits per heavy atom. The molecule has 0 bridgehead atoms. The Hall–Kier alpha value is -1.81. The Balaban J connectivity index is 1.86. The van der Waals surface area contributed by atoms with Crippen LogP contribution >= 0.6 is 11.3 Å². The number of hydrogen-bond donors (Lipinski definition) is 2. The van der Waals surface area contributed by atoms with Gasteiger partial charge < -0.3 is 10.6 Å². The molecule has 2 aromatic rings. The molecule has 118 valence electrons. The average molecular weight is 316 g/mol. The van der Waals surface area contributed by atoms with Crippen molar-refractivity contribution in [3.8, 4) is 0 Å². The Kier molecular flexibility index (Phi) is 5.61. The van der Waals surface area contributed by atoms with E-state index >= 15 is 0 Å². The number of carbonyl (C=O) groups excluding carboxylic acids is 1. The average Bonchev–Trinajstić information content (AvgIpc) is 2.98. The van der Waals surface area contributed by atoms with Crippen LogP contribution in [0, 0.1) is 5.41 Å². The van der Waals surface area contributed by atoms with Gasteiger partial charge in [0.15, 0.2) is 0 Å². The van der Waals surface area contributed by atoms with Crippen LogP contribution in [-0.4, -0.2) is 12.6 Å². The van der Waals surface area contributed by atoms with Crippen LogP contribution in [0.15, 0.2) is 47.8 Å². The third-order valence-electron chi connectivity index (χ3n) is 3.51. The SMILES string of the molecule is CC(C)(C)[C@@H](NC(=O)NCCc1ccccc1)c1cccs1. The lowest BCUT2D eigenvalue weighted by Gasteiger charge is -2.30. The summed E-state index contributed by atoms with van der Waals surface area (Å²) in [7, 11) is 0. The number of benzene rings is 1. The third kappa shape index (κ3) is 4.88. The summed E-state index contributed by atoms with van der Waals surface area (Å²) in [5, 5.41) is 8.10. The van der Waals surface area contributed by atoms with Crippen LogP contribution in [0.3, 0.4) is 0 Å². The van der Waals surface area contributed by atoms with Crippen LogP contribution in [-0.2, 0) is 6.42 Å². The Morgan fingerprint density at radius 1 is 1.14 bits per heavy atom. The molecule has 0 aliphatic heterocycles. The van der Waals surface area contributed by atoms with Gasteiger partial charge in [0.2, 0.25) is 0 Å². The second-order valence-electron chi connectivity index (χ2n) is 6.45. The summed E-state index contributed by atoms with van der Waals surface area (Å²) >= 11 is 1.68. The molecule has 0 fully saturated rings. The fourth-order valence-corrected chi connectivity index (χ4v) is 3.34. The van der Waals surface area contributed by atoms with Crippen LogP contribution in [0.25, 0.3) is 0 Å². The lowest BCUT2D eigenvalue weighted by Crippen LogP contribution is -2.42. The fourth-order valence-electron chi connectivity index (χ4n) is 2.32. The number of thiophene rings is 1. The summed E-state index contributed by atoms with van der Waals surface area (Å²) in [6, 6.07) is 14.2. The summed E-state index contributed by atoms with van der Waals surface area (Å²) in [5.74, 6) is 0. The molecule has 3 nitrogen and oxygen atoms in total. The van der Waals surface area contributed by atoms with Crippen molar-refractivity contribution in [2.24, 2.45) is 5.41 Å². The van der Waals surface area contributed by atoms with E-state index in [-0.39, 0.29) is 17.5 Å². The number of amides is 2. The Bertz CT molecular complexity index is 573. The smallest absolute Gasteiger partial charge is 0.315 e. The van der Waals surface area contributed by atoms with E-state index in [0.717, 1.165) is 6.42 Å². The molecule has 1 heterocycles. The molecule has 1 aromatic heterocycles. The van der Waals surface area contributed by atoms with E-state index in [0.29, 0.717) is 6.54 Å². The van der Waals surface area contributed by atoms with Crippen molar-refractivity contribution in [3.05, 3.63) is 58.3 Å². The second-order valence-corrected chi connectivity index (χ2v) is 7.43. The van der Waals surface area contributed by atoms with E-state index in [9.17, 15) is 4.79 Å². The van der Waals surface area contributed by atoms with E-state index in [2.05, 4.69) is 49.6 Å². The summed E-state index contributed by atoms with van der Waals surface area (Å²) in [4.78, 5) is 13.4. The zero-order valence-corrected chi connectivity index (χ0v) is 14.2. The maximum Gasteiger partial charge on any atom is 0.315 e. The molecule has 22 heavy (non-hydrogen) atoms. The van der Waals surface area contributed by atoms with Gasteiger partial charge in [-0.05, 0) is 28.8 Å². The van der Waals surface area contributed by atoms with E-state index in [1.807, 2.05) is 29.6 Å². The van der Waals surface area contributed by atoms with Crippen molar-refractivity contribution in [1.29, 1.82) is 0 Å². The van der Waals surface area contributed by atoms with Gasteiger partial charge in [0.05, 0.1) is 6.04 Å². The van der Waals surface area contributed by atoms with Gasteiger partial charge >= 0.3 is 6.03 Å². The van der Waals surface area contributed by atoms with Crippen LogP contribution < -0.4 is 10.6 Å². The highest BCUT2D eigenvalue weighted by Gasteiger charge is 2.28. The minimum atomic E-state index is -0.107. The van der Waals surface area contributed by atoms with Crippen molar-refractivity contribution in [2.45, 2.75) is 33.2 Å². The molecule has 0 saturated carbocycles. The molecule has 0 radical (unpaired) electrons. The number of hydrogen-bond acceptors (Lipinski definition) is 2. The van der Waals surface area contributed by atoms with E-state index < -0.39 is 0 Å². The Morgan fingerprint density at radius 2 is 1.86 bits per heavy atom. The molecule has 0 aliphatic rings. The highest BCUT2D eigenvalue weighted by Crippen LogP contribution is 2.34. The minimum absolute atomic E-state index is 0.0178. The van der Waals surface area contributed by atoms with E-state index in [1.54, 1.807) is 11.3 Å². The van der Waals surface area contributed by atoms with Gasteiger partial charge in [0, 0.05) is 11.4 Å². The first kappa shape index (κ1) is 16.6. The van der Waals surface area contributed by atoms with Gasteiger partial charge in [-0.15, -0.1) is 11.3 Å². The largest absolute Gasteiger partial charge is 0.338 e. The molecule has 1 atom stereocenters. The monoisotopic (exact) mass is 316 g/mol. The number of rotatable bonds is 5. The quantitative estimate of drug-likeness (QED) is 0.844. The van der Waals surface area contributed by atoms with Gasteiger partial charge in [-0.2, -0.15) is 0 Å². The lowest BCUT2D eigenvalue weighted by atomic mass is 9.86. The van der Waals surface area contributed by atoms with Crippen molar-refractivity contribution in [2.75, 3.05) is 6.54 Å². The fraction of sp³-hybridized carbons (Fsp3) is 0.389. The first-order chi connectivity index (χ1) is 10.5. The summed E-state index contributed by atoms with van der Waals surface area (Å²) < 4.78 is 0. The topological polar surface area (TPSA) is 41.1 Å². The van der Waals surface area contributed by atoms with Gasteiger partial charge in [0.1, 0.15) is 0 Å². The van der Waals surface area contributed by atoms with E-state index in [4.69, 9.17) is 0 Å². The standard InChI is InChI=1S/C18H24N2OS/c1-18(2,3)16(15-10-7-13-22-15)20-17(21)19-12-11-14-8-5-4-6-9-14/h4-10,13,16H,11-12H2,1-3H3,(H2,19,20,21)/t16-/m0/s1. The highest BCUT2D eigenvalue weighted by molar-refractivity contribution is 7.10. The molecule has 0 spiro atoms. The van der Waals surface area contributed by atoms with Crippen LogP contribution in [0.2, 0.25) is 0 Å². The number of urea groups is 1. The molecule has 2 rings (SSSR count). The third-order valence-corrected chi connectivity index (χ3v) is 4.45. The van der Waals surface area contributed by atoms with Gasteiger partial charge in [-0.3, -0.25) is 0 Å². The Labute approximate surface area is 136 Å². The molecule has 2 amide bonds.